The maximum atomic E-state index is 13.8. The van der Waals surface area contributed by atoms with E-state index in [9.17, 15) is 18.4 Å². The van der Waals surface area contributed by atoms with Crippen molar-refractivity contribution in [2.24, 2.45) is 11.8 Å². The highest BCUT2D eigenvalue weighted by Crippen LogP contribution is 2.31. The predicted octanol–water partition coefficient (Wildman–Crippen LogP) is 5.15. The molecule has 2 atom stereocenters. The molecule has 31 heavy (non-hydrogen) atoms. The minimum atomic E-state index is -1.00. The highest BCUT2D eigenvalue weighted by atomic mass is 19.1. The zero-order valence-corrected chi connectivity index (χ0v) is 17.0. The predicted molar refractivity (Wildman–Crippen MR) is 110 cm³/mol. The van der Waals surface area contributed by atoms with Crippen LogP contribution in [-0.4, -0.2) is 37.0 Å². The van der Waals surface area contributed by atoms with Crippen molar-refractivity contribution in [3.63, 3.8) is 0 Å². The van der Waals surface area contributed by atoms with Crippen LogP contribution in [0.3, 0.4) is 0 Å². The number of carbonyl (C=O) groups is 2. The van der Waals surface area contributed by atoms with Crippen LogP contribution in [0.15, 0.2) is 48.5 Å². The van der Waals surface area contributed by atoms with Crippen molar-refractivity contribution in [3.8, 4) is 0 Å². The van der Waals surface area contributed by atoms with E-state index in [1.807, 2.05) is 0 Å². The number of hydrogen-bond acceptors (Lipinski definition) is 4. The lowest BCUT2D eigenvalue weighted by Crippen LogP contribution is -2.30. The van der Waals surface area contributed by atoms with E-state index in [0.717, 1.165) is 48.8 Å². The molecule has 1 amide bonds. The summed E-state index contributed by atoms with van der Waals surface area (Å²) in [7, 11) is 0. The van der Waals surface area contributed by atoms with Gasteiger partial charge < -0.3 is 14.6 Å². The van der Waals surface area contributed by atoms with Gasteiger partial charge in [-0.2, -0.15) is 0 Å². The molecule has 166 valence electrons. The zero-order valence-electron chi connectivity index (χ0n) is 17.0. The van der Waals surface area contributed by atoms with Crippen LogP contribution in [-0.2, 0) is 14.3 Å². The molecule has 0 radical (unpaired) electrons. The average Bonchev–Trinajstić information content (AvgIpc) is 2.73. The summed E-state index contributed by atoms with van der Waals surface area (Å²) in [6.07, 6.45) is 2.78. The maximum Gasteiger partial charge on any atom is 0.418 e. The van der Waals surface area contributed by atoms with Crippen molar-refractivity contribution in [1.82, 2.24) is 0 Å². The Morgan fingerprint density at radius 1 is 0.968 bits per heavy atom. The number of benzene rings is 2. The van der Waals surface area contributed by atoms with Crippen LogP contribution in [0, 0.1) is 23.5 Å². The Labute approximate surface area is 179 Å². The molecule has 1 saturated carbocycles. The Bertz CT molecular complexity index is 873. The van der Waals surface area contributed by atoms with Crippen molar-refractivity contribution in [2.45, 2.75) is 25.7 Å². The van der Waals surface area contributed by atoms with Gasteiger partial charge in [-0.05, 0) is 55.4 Å². The molecule has 2 aromatic rings. The van der Waals surface area contributed by atoms with Crippen LogP contribution < -0.4 is 4.90 Å². The number of carbonyl (C=O) groups excluding carboxylic acids is 1. The summed E-state index contributed by atoms with van der Waals surface area (Å²) in [6, 6.07) is 11.4. The van der Waals surface area contributed by atoms with E-state index in [-0.39, 0.29) is 30.7 Å². The molecule has 0 aliphatic heterocycles. The Kier molecular flexibility index (Phi) is 7.94. The van der Waals surface area contributed by atoms with Gasteiger partial charge in [0.2, 0.25) is 0 Å². The molecule has 1 aliphatic carbocycles. The lowest BCUT2D eigenvalue weighted by Gasteiger charge is -2.29. The molecule has 3 rings (SSSR count). The molecule has 0 bridgehead atoms. The fourth-order valence-corrected chi connectivity index (χ4v) is 3.88. The van der Waals surface area contributed by atoms with Gasteiger partial charge in [0, 0.05) is 6.07 Å². The van der Waals surface area contributed by atoms with E-state index >= 15 is 0 Å². The molecule has 0 aromatic heterocycles. The number of para-hydroxylation sites is 1. The largest absolute Gasteiger partial charge is 0.480 e. The molecule has 0 heterocycles. The number of nitrogens with zero attached hydrogens (tertiary/aromatic N) is 1. The summed E-state index contributed by atoms with van der Waals surface area (Å²) in [4.78, 5) is 24.6. The van der Waals surface area contributed by atoms with Gasteiger partial charge in [-0.3, -0.25) is 0 Å². The first-order valence-corrected chi connectivity index (χ1v) is 10.2. The number of carboxylic acids is 1. The number of aliphatic carboxylic acids is 1. The molecule has 1 fully saturated rings. The third kappa shape index (κ3) is 6.75. The first-order chi connectivity index (χ1) is 14.9. The maximum absolute atomic E-state index is 13.8. The summed E-state index contributed by atoms with van der Waals surface area (Å²) in [6.45, 7) is 0.192. The van der Waals surface area contributed by atoms with E-state index in [1.165, 1.54) is 0 Å². The van der Waals surface area contributed by atoms with Crippen LogP contribution in [0.5, 0.6) is 0 Å². The number of ether oxygens (including phenoxy) is 2. The Balaban J connectivity index is 1.65. The van der Waals surface area contributed by atoms with Gasteiger partial charge in [-0.1, -0.05) is 24.6 Å². The van der Waals surface area contributed by atoms with Crippen LogP contribution >= 0.6 is 0 Å². The van der Waals surface area contributed by atoms with Gasteiger partial charge >= 0.3 is 12.1 Å². The van der Waals surface area contributed by atoms with Crippen molar-refractivity contribution in [2.75, 3.05) is 24.7 Å². The first kappa shape index (κ1) is 22.7. The smallest absolute Gasteiger partial charge is 0.418 e. The fraction of sp³-hybridized carbons (Fsp3) is 0.391. The summed E-state index contributed by atoms with van der Waals surface area (Å²) in [5.74, 6) is -2.27. The topological polar surface area (TPSA) is 76.1 Å². The second-order valence-electron chi connectivity index (χ2n) is 7.68. The minimum Gasteiger partial charge on any atom is -0.480 e. The van der Waals surface area contributed by atoms with Crippen molar-refractivity contribution in [3.05, 3.63) is 60.2 Å². The van der Waals surface area contributed by atoms with E-state index in [0.29, 0.717) is 12.3 Å². The minimum absolute atomic E-state index is 0.0392. The van der Waals surface area contributed by atoms with Gasteiger partial charge in [0.15, 0.2) is 0 Å². The van der Waals surface area contributed by atoms with Crippen molar-refractivity contribution in [1.29, 1.82) is 0 Å². The molecule has 1 aliphatic rings. The molecule has 2 unspecified atom stereocenters. The normalized spacial score (nSPS) is 18.4. The van der Waals surface area contributed by atoms with Crippen LogP contribution in [0.1, 0.15) is 25.7 Å². The SMILES string of the molecule is O=C(O)COCC1CCCC(COC(=O)N(c2ccccc2)c2cc(F)cc(F)c2)C1. The Morgan fingerprint density at radius 2 is 1.61 bits per heavy atom. The molecule has 6 nitrogen and oxygen atoms in total. The third-order valence-corrected chi connectivity index (χ3v) is 5.22. The highest BCUT2D eigenvalue weighted by Gasteiger charge is 2.26. The van der Waals surface area contributed by atoms with Gasteiger partial charge in [-0.25, -0.2) is 23.3 Å². The summed E-state index contributed by atoms with van der Waals surface area (Å²) in [5.41, 5.74) is 0.471. The van der Waals surface area contributed by atoms with Crippen LogP contribution in [0.25, 0.3) is 0 Å². The molecular formula is C23H25F2NO5. The molecular weight excluding hydrogens is 408 g/mol. The monoisotopic (exact) mass is 433 g/mol. The first-order valence-electron chi connectivity index (χ1n) is 10.2. The fourth-order valence-electron chi connectivity index (χ4n) is 3.88. The number of anilines is 2. The van der Waals surface area contributed by atoms with E-state index in [4.69, 9.17) is 14.6 Å². The molecule has 0 spiro atoms. The number of halogens is 2. The molecule has 0 saturated heterocycles. The van der Waals surface area contributed by atoms with E-state index in [2.05, 4.69) is 0 Å². The quantitative estimate of drug-likeness (QED) is 0.623. The van der Waals surface area contributed by atoms with Gasteiger partial charge in [0.1, 0.15) is 18.2 Å². The van der Waals surface area contributed by atoms with Gasteiger partial charge in [0.25, 0.3) is 0 Å². The lowest BCUT2D eigenvalue weighted by atomic mass is 9.82. The summed E-state index contributed by atoms with van der Waals surface area (Å²) >= 11 is 0. The van der Waals surface area contributed by atoms with Crippen molar-refractivity contribution >= 4 is 23.4 Å². The molecule has 1 N–H and O–H groups in total. The van der Waals surface area contributed by atoms with E-state index in [1.54, 1.807) is 30.3 Å². The second-order valence-corrected chi connectivity index (χ2v) is 7.68. The van der Waals surface area contributed by atoms with Crippen molar-refractivity contribution < 1.29 is 33.0 Å². The zero-order chi connectivity index (χ0) is 22.2. The average molecular weight is 433 g/mol. The Morgan fingerprint density at radius 3 is 2.26 bits per heavy atom. The number of amides is 1. The number of hydrogen-bond donors (Lipinski definition) is 1. The highest BCUT2D eigenvalue weighted by molar-refractivity contribution is 5.95. The standard InChI is InChI=1S/C23H25F2NO5/c24-18-10-19(25)12-21(11-18)26(20-7-2-1-3-8-20)23(29)31-14-17-6-4-5-16(9-17)13-30-15-22(27)28/h1-3,7-8,10-12,16-17H,4-6,9,13-15H2,(H,27,28). The van der Waals surface area contributed by atoms with Crippen LogP contribution in [0.4, 0.5) is 25.0 Å². The molecule has 2 aromatic carbocycles. The second kappa shape index (κ2) is 10.9. The summed E-state index contributed by atoms with van der Waals surface area (Å²) < 4.78 is 38.3. The van der Waals surface area contributed by atoms with Crippen LogP contribution in [0.2, 0.25) is 0 Å². The van der Waals surface area contributed by atoms with Gasteiger partial charge in [-0.15, -0.1) is 0 Å². The number of rotatable bonds is 8. The molecule has 8 heteroatoms. The lowest BCUT2D eigenvalue weighted by molar-refractivity contribution is -0.142. The van der Waals surface area contributed by atoms with E-state index < -0.39 is 23.7 Å². The summed E-state index contributed by atoms with van der Waals surface area (Å²) in [5, 5.41) is 8.68. The van der Waals surface area contributed by atoms with Gasteiger partial charge in [0.05, 0.1) is 24.6 Å². The third-order valence-electron chi connectivity index (χ3n) is 5.22. The number of carboxylic acid groups (broad SMARTS) is 1. The Hall–Kier alpha value is -3.00.